The van der Waals surface area contributed by atoms with E-state index >= 15 is 0 Å². The van der Waals surface area contributed by atoms with Gasteiger partial charge in [-0.3, -0.25) is 4.79 Å². The molecule has 0 spiro atoms. The molecule has 0 fully saturated rings. The first kappa shape index (κ1) is 11.3. The summed E-state index contributed by atoms with van der Waals surface area (Å²) in [5, 5.41) is 0. The number of primary amides is 1. The predicted octanol–water partition coefficient (Wildman–Crippen LogP) is 1.86. The molecule has 4 nitrogen and oxygen atoms in total. The van der Waals surface area contributed by atoms with Crippen molar-refractivity contribution in [2.45, 2.75) is 13.8 Å². The molecule has 0 bridgehead atoms. The van der Waals surface area contributed by atoms with E-state index in [4.69, 9.17) is 5.73 Å². The molecule has 4 heteroatoms. The smallest absolute Gasteiger partial charge is 0.248 e. The van der Waals surface area contributed by atoms with Crippen LogP contribution < -0.4 is 5.73 Å². The van der Waals surface area contributed by atoms with Gasteiger partial charge < -0.3 is 5.73 Å². The first-order valence-corrected chi connectivity index (χ1v) is 5.27. The molecule has 1 aromatic carbocycles. The number of hydrogen-bond donors (Lipinski definition) is 1. The van der Waals surface area contributed by atoms with E-state index in [2.05, 4.69) is 9.97 Å². The van der Waals surface area contributed by atoms with Crippen LogP contribution in [0.15, 0.2) is 30.6 Å². The lowest BCUT2D eigenvalue weighted by Crippen LogP contribution is -2.12. The van der Waals surface area contributed by atoms with Gasteiger partial charge in [-0.15, -0.1) is 0 Å². The van der Waals surface area contributed by atoms with Crippen molar-refractivity contribution in [3.05, 3.63) is 47.5 Å². The lowest BCUT2D eigenvalue weighted by atomic mass is 10.0. The van der Waals surface area contributed by atoms with E-state index in [0.29, 0.717) is 5.56 Å². The summed E-state index contributed by atoms with van der Waals surface area (Å²) < 4.78 is 0. The van der Waals surface area contributed by atoms with Crippen LogP contribution in [-0.2, 0) is 0 Å². The number of carbonyl (C=O) groups excluding carboxylic acids is 1. The molecular weight excluding hydrogens is 214 g/mol. The molecule has 0 saturated heterocycles. The molecule has 2 N–H and O–H groups in total. The summed E-state index contributed by atoms with van der Waals surface area (Å²) in [5.74, 6) is 0.299. The van der Waals surface area contributed by atoms with E-state index in [0.717, 1.165) is 22.5 Å². The monoisotopic (exact) mass is 227 g/mol. The molecule has 1 heterocycles. The highest BCUT2D eigenvalue weighted by Crippen LogP contribution is 2.20. The van der Waals surface area contributed by atoms with Crippen LogP contribution >= 0.6 is 0 Å². The predicted molar refractivity (Wildman–Crippen MR) is 65.5 cm³/mol. The molecule has 0 radical (unpaired) electrons. The maximum Gasteiger partial charge on any atom is 0.248 e. The Morgan fingerprint density at radius 2 is 1.76 bits per heavy atom. The van der Waals surface area contributed by atoms with E-state index in [1.807, 2.05) is 26.0 Å². The molecule has 2 aromatic rings. The number of benzene rings is 1. The van der Waals surface area contributed by atoms with Gasteiger partial charge in [-0.05, 0) is 31.0 Å². The fourth-order valence-corrected chi connectivity index (χ4v) is 1.61. The molecule has 2 rings (SSSR count). The largest absolute Gasteiger partial charge is 0.366 e. The van der Waals surface area contributed by atoms with Gasteiger partial charge in [0.1, 0.15) is 5.82 Å². The van der Waals surface area contributed by atoms with E-state index in [1.54, 1.807) is 18.5 Å². The summed E-state index contributed by atoms with van der Waals surface area (Å²) in [6, 6.07) is 5.57. The Bertz CT molecular complexity index is 561. The standard InChI is InChI=1S/C13H13N3O/c1-8-3-4-10(5-12(8)13(14)17)11-6-15-9(2)16-7-11/h3-7H,1-2H3,(H2,14,17). The van der Waals surface area contributed by atoms with E-state index in [9.17, 15) is 4.79 Å². The summed E-state index contributed by atoms with van der Waals surface area (Å²) in [4.78, 5) is 19.5. The van der Waals surface area contributed by atoms with Gasteiger partial charge in [0.25, 0.3) is 0 Å². The van der Waals surface area contributed by atoms with E-state index in [1.165, 1.54) is 0 Å². The second kappa shape index (κ2) is 4.33. The molecule has 0 atom stereocenters. The topological polar surface area (TPSA) is 68.9 Å². The summed E-state index contributed by atoms with van der Waals surface area (Å²) >= 11 is 0. The zero-order chi connectivity index (χ0) is 12.4. The van der Waals surface area contributed by atoms with Crippen molar-refractivity contribution in [3.8, 4) is 11.1 Å². The minimum Gasteiger partial charge on any atom is -0.366 e. The van der Waals surface area contributed by atoms with Gasteiger partial charge in [0.15, 0.2) is 0 Å². The van der Waals surface area contributed by atoms with Crippen LogP contribution in [0.1, 0.15) is 21.7 Å². The third-order valence-corrected chi connectivity index (χ3v) is 2.62. The van der Waals surface area contributed by atoms with Gasteiger partial charge in [0, 0.05) is 23.5 Å². The Morgan fingerprint density at radius 3 is 2.35 bits per heavy atom. The number of carbonyl (C=O) groups is 1. The van der Waals surface area contributed by atoms with Crippen LogP contribution in [0.5, 0.6) is 0 Å². The average molecular weight is 227 g/mol. The zero-order valence-electron chi connectivity index (χ0n) is 9.77. The SMILES string of the molecule is Cc1ncc(-c2ccc(C)c(C(N)=O)c2)cn1. The van der Waals surface area contributed by atoms with E-state index in [-0.39, 0.29) is 0 Å². The number of amides is 1. The van der Waals surface area contributed by atoms with Gasteiger partial charge in [-0.2, -0.15) is 0 Å². The number of nitrogens with zero attached hydrogens (tertiary/aromatic N) is 2. The zero-order valence-corrected chi connectivity index (χ0v) is 9.77. The molecular formula is C13H13N3O. The molecule has 0 unspecified atom stereocenters. The van der Waals surface area contributed by atoms with Gasteiger partial charge in [0.05, 0.1) is 0 Å². The Kier molecular flexibility index (Phi) is 2.87. The Morgan fingerprint density at radius 1 is 1.12 bits per heavy atom. The highest BCUT2D eigenvalue weighted by molar-refractivity contribution is 5.95. The lowest BCUT2D eigenvalue weighted by molar-refractivity contribution is 0.1000. The van der Waals surface area contributed by atoms with Crippen molar-refractivity contribution in [1.29, 1.82) is 0 Å². The number of nitrogens with two attached hydrogens (primary N) is 1. The number of rotatable bonds is 2. The van der Waals surface area contributed by atoms with Gasteiger partial charge in [-0.1, -0.05) is 12.1 Å². The lowest BCUT2D eigenvalue weighted by Gasteiger charge is -2.06. The molecule has 17 heavy (non-hydrogen) atoms. The minimum absolute atomic E-state index is 0.419. The first-order valence-electron chi connectivity index (χ1n) is 5.27. The van der Waals surface area contributed by atoms with Crippen LogP contribution in [0.3, 0.4) is 0 Å². The normalized spacial score (nSPS) is 10.2. The highest BCUT2D eigenvalue weighted by atomic mass is 16.1. The van der Waals surface area contributed by atoms with Crippen molar-refractivity contribution in [1.82, 2.24) is 9.97 Å². The third kappa shape index (κ3) is 2.30. The minimum atomic E-state index is -0.419. The van der Waals surface area contributed by atoms with E-state index < -0.39 is 5.91 Å². The molecule has 1 aromatic heterocycles. The molecule has 1 amide bonds. The molecule has 0 saturated carbocycles. The Balaban J connectivity index is 2.50. The number of aromatic nitrogens is 2. The summed E-state index contributed by atoms with van der Waals surface area (Å²) in [6.07, 6.45) is 3.47. The first-order chi connectivity index (χ1) is 8.08. The number of aryl methyl sites for hydroxylation is 2. The fraction of sp³-hybridized carbons (Fsp3) is 0.154. The van der Waals surface area contributed by atoms with Gasteiger partial charge in [-0.25, -0.2) is 9.97 Å². The van der Waals surface area contributed by atoms with Crippen molar-refractivity contribution < 1.29 is 4.79 Å². The van der Waals surface area contributed by atoms with Gasteiger partial charge >= 0.3 is 0 Å². The van der Waals surface area contributed by atoms with Crippen molar-refractivity contribution in [2.24, 2.45) is 5.73 Å². The average Bonchev–Trinajstić information content (AvgIpc) is 2.30. The molecule has 0 aliphatic carbocycles. The summed E-state index contributed by atoms with van der Waals surface area (Å²) in [6.45, 7) is 3.68. The number of hydrogen-bond acceptors (Lipinski definition) is 3. The van der Waals surface area contributed by atoms with Crippen LogP contribution in [0.25, 0.3) is 11.1 Å². The second-order valence-corrected chi connectivity index (χ2v) is 3.91. The Hall–Kier alpha value is -2.23. The van der Waals surface area contributed by atoms with Crippen LogP contribution in [0, 0.1) is 13.8 Å². The third-order valence-electron chi connectivity index (χ3n) is 2.62. The van der Waals surface area contributed by atoms with Crippen molar-refractivity contribution >= 4 is 5.91 Å². The fourth-order valence-electron chi connectivity index (χ4n) is 1.61. The molecule has 0 aliphatic heterocycles. The summed E-state index contributed by atoms with van der Waals surface area (Å²) in [7, 11) is 0. The van der Waals surface area contributed by atoms with Crippen molar-refractivity contribution in [2.75, 3.05) is 0 Å². The Labute approximate surface area is 99.5 Å². The van der Waals surface area contributed by atoms with Gasteiger partial charge in [0.2, 0.25) is 5.91 Å². The quantitative estimate of drug-likeness (QED) is 0.851. The summed E-state index contributed by atoms with van der Waals surface area (Å²) in [5.41, 5.74) is 8.48. The molecule has 0 aliphatic rings. The van der Waals surface area contributed by atoms with Crippen LogP contribution in [-0.4, -0.2) is 15.9 Å². The van der Waals surface area contributed by atoms with Crippen molar-refractivity contribution in [3.63, 3.8) is 0 Å². The van der Waals surface area contributed by atoms with Crippen LogP contribution in [0.4, 0.5) is 0 Å². The molecule has 86 valence electrons. The maximum absolute atomic E-state index is 11.3. The highest BCUT2D eigenvalue weighted by Gasteiger charge is 2.07. The second-order valence-electron chi connectivity index (χ2n) is 3.91. The maximum atomic E-state index is 11.3. The van der Waals surface area contributed by atoms with Crippen LogP contribution in [0.2, 0.25) is 0 Å².